The van der Waals surface area contributed by atoms with Crippen molar-refractivity contribution in [1.82, 2.24) is 4.90 Å². The molecule has 0 saturated carbocycles. The zero-order valence-corrected chi connectivity index (χ0v) is 20.9. The van der Waals surface area contributed by atoms with Crippen LogP contribution in [-0.2, 0) is 30.0 Å². The van der Waals surface area contributed by atoms with Gasteiger partial charge in [-0.3, -0.25) is 4.79 Å². The number of hydrogen-bond acceptors (Lipinski definition) is 5. The molecular weight excluding hydrogens is 410 g/mol. The van der Waals surface area contributed by atoms with Gasteiger partial charge in [-0.2, -0.15) is 0 Å². The Balaban J connectivity index is 1.96. The summed E-state index contributed by atoms with van der Waals surface area (Å²) >= 11 is 0. The third kappa shape index (κ3) is 5.27. The van der Waals surface area contributed by atoms with E-state index in [1.807, 2.05) is 49.1 Å². The molecule has 1 aromatic rings. The van der Waals surface area contributed by atoms with E-state index in [1.165, 1.54) is 0 Å². The molecule has 2 heterocycles. The van der Waals surface area contributed by atoms with Crippen LogP contribution in [0.4, 0.5) is 0 Å². The number of ether oxygens (including phenoxy) is 2. The second-order valence-corrected chi connectivity index (χ2v) is 15.4. The van der Waals surface area contributed by atoms with E-state index >= 15 is 0 Å². The fraction of sp³-hybridized carbons (Fsp3) is 0.667. The predicted molar refractivity (Wildman–Crippen MR) is 122 cm³/mol. The molecule has 172 valence electrons. The molecule has 3 rings (SSSR count). The molecule has 0 aromatic heterocycles. The van der Waals surface area contributed by atoms with Gasteiger partial charge in [-0.1, -0.05) is 51.1 Å². The van der Waals surface area contributed by atoms with Gasteiger partial charge in [0.25, 0.3) is 0 Å². The van der Waals surface area contributed by atoms with Crippen LogP contribution in [0.15, 0.2) is 30.3 Å². The summed E-state index contributed by atoms with van der Waals surface area (Å²) in [6.07, 6.45) is 0.233. The van der Waals surface area contributed by atoms with Crippen molar-refractivity contribution in [2.45, 2.75) is 102 Å². The summed E-state index contributed by atoms with van der Waals surface area (Å²) in [6.45, 7) is 15.1. The van der Waals surface area contributed by atoms with Gasteiger partial charge in [-0.05, 0) is 44.0 Å². The van der Waals surface area contributed by atoms with Crippen molar-refractivity contribution in [3.63, 3.8) is 0 Å². The lowest BCUT2D eigenvalue weighted by Gasteiger charge is -2.44. The van der Waals surface area contributed by atoms with Gasteiger partial charge in [0, 0.05) is 13.0 Å². The highest BCUT2D eigenvalue weighted by Crippen LogP contribution is 2.42. The molecule has 2 aliphatic heterocycles. The maximum absolute atomic E-state index is 12.9. The highest BCUT2D eigenvalue weighted by atomic mass is 28.4. The normalized spacial score (nSPS) is 27.5. The summed E-state index contributed by atoms with van der Waals surface area (Å²) in [6, 6.07) is 9.81. The van der Waals surface area contributed by atoms with Gasteiger partial charge in [0.1, 0.15) is 12.2 Å². The summed E-state index contributed by atoms with van der Waals surface area (Å²) < 4.78 is 19.0. The van der Waals surface area contributed by atoms with Crippen molar-refractivity contribution in [2.24, 2.45) is 0 Å². The van der Waals surface area contributed by atoms with Crippen LogP contribution < -0.4 is 0 Å². The van der Waals surface area contributed by atoms with Gasteiger partial charge >= 0.3 is 0 Å². The molecule has 2 fully saturated rings. The Kier molecular flexibility index (Phi) is 6.82. The third-order valence-corrected chi connectivity index (χ3v) is 11.3. The van der Waals surface area contributed by atoms with Crippen molar-refractivity contribution >= 4 is 20.5 Å². The van der Waals surface area contributed by atoms with Gasteiger partial charge < -0.3 is 23.6 Å². The lowest BCUT2D eigenvalue weighted by Crippen LogP contribution is -2.56. The SMILES string of the molecule is CC1(C)O[C@@H]([C@@H](O[Si](C)(C)C(C)(C)C)[C@H]2CCC(=O)N2Cc2ccccc2)[C@H](C=O)O1. The highest BCUT2D eigenvalue weighted by molar-refractivity contribution is 6.74. The standard InChI is InChI=1S/C24H37NO5Si/c1-23(2,3)31(6,7)30-21(22-19(16-26)28-24(4,5)29-22)18-13-14-20(27)25(18)15-17-11-9-8-10-12-17/h8-12,16,18-19,21-22H,13-15H2,1-7H3/t18-,19+,21+,22-/m1/s1. The van der Waals surface area contributed by atoms with Crippen LogP contribution >= 0.6 is 0 Å². The topological polar surface area (TPSA) is 65.1 Å². The van der Waals surface area contributed by atoms with Crippen molar-refractivity contribution < 1.29 is 23.5 Å². The second kappa shape index (κ2) is 8.77. The Bertz CT molecular complexity index is 789. The number of aldehydes is 1. The molecule has 6 nitrogen and oxygen atoms in total. The summed E-state index contributed by atoms with van der Waals surface area (Å²) in [5.74, 6) is -0.767. The molecule has 0 radical (unpaired) electrons. The molecule has 2 saturated heterocycles. The minimum absolute atomic E-state index is 0.0240. The number of rotatable bonds is 7. The van der Waals surface area contributed by atoms with E-state index in [-0.39, 0.29) is 17.0 Å². The third-order valence-electron chi connectivity index (χ3n) is 6.81. The molecule has 1 amide bonds. The van der Waals surface area contributed by atoms with E-state index in [2.05, 4.69) is 33.9 Å². The zero-order chi connectivity index (χ0) is 23.0. The summed E-state index contributed by atoms with van der Waals surface area (Å²) in [5.41, 5.74) is 1.07. The van der Waals surface area contributed by atoms with Crippen molar-refractivity contribution in [3.8, 4) is 0 Å². The monoisotopic (exact) mass is 447 g/mol. The van der Waals surface area contributed by atoms with Crippen LogP contribution in [0.25, 0.3) is 0 Å². The quantitative estimate of drug-likeness (QED) is 0.461. The van der Waals surface area contributed by atoms with Crippen LogP contribution in [0, 0.1) is 0 Å². The summed E-state index contributed by atoms with van der Waals surface area (Å²) in [5, 5.41) is -0.0240. The number of nitrogens with zero attached hydrogens (tertiary/aromatic N) is 1. The van der Waals surface area contributed by atoms with Crippen molar-refractivity contribution in [1.29, 1.82) is 0 Å². The van der Waals surface area contributed by atoms with E-state index < -0.39 is 32.4 Å². The number of amides is 1. The molecule has 31 heavy (non-hydrogen) atoms. The van der Waals surface area contributed by atoms with Crippen LogP contribution in [0.2, 0.25) is 18.1 Å². The molecule has 0 unspecified atom stereocenters. The molecule has 0 N–H and O–H groups in total. The van der Waals surface area contributed by atoms with Gasteiger partial charge in [0.15, 0.2) is 20.4 Å². The Morgan fingerprint density at radius 2 is 1.87 bits per heavy atom. The number of likely N-dealkylation sites (tertiary alicyclic amines) is 1. The molecule has 0 bridgehead atoms. The lowest BCUT2D eigenvalue weighted by atomic mass is 9.99. The van der Waals surface area contributed by atoms with Crippen LogP contribution in [0.1, 0.15) is 53.0 Å². The predicted octanol–water partition coefficient (Wildman–Crippen LogP) is 4.29. The Labute approximate surface area is 187 Å². The van der Waals surface area contributed by atoms with Crippen molar-refractivity contribution in [3.05, 3.63) is 35.9 Å². The average molecular weight is 448 g/mol. The van der Waals surface area contributed by atoms with Crippen LogP contribution in [0.3, 0.4) is 0 Å². The van der Waals surface area contributed by atoms with E-state index in [9.17, 15) is 9.59 Å². The van der Waals surface area contributed by atoms with E-state index in [4.69, 9.17) is 13.9 Å². The summed E-state index contributed by atoms with van der Waals surface area (Å²) in [7, 11) is -2.22. The van der Waals surface area contributed by atoms with Gasteiger partial charge in [0.05, 0.1) is 12.1 Å². The Morgan fingerprint density at radius 3 is 2.45 bits per heavy atom. The summed E-state index contributed by atoms with van der Waals surface area (Å²) in [4.78, 5) is 26.7. The first-order valence-electron chi connectivity index (χ1n) is 11.2. The van der Waals surface area contributed by atoms with Gasteiger partial charge in [0.2, 0.25) is 5.91 Å². The zero-order valence-electron chi connectivity index (χ0n) is 19.9. The van der Waals surface area contributed by atoms with Gasteiger partial charge in [-0.15, -0.1) is 0 Å². The average Bonchev–Trinajstić information content (AvgIpc) is 3.19. The number of carbonyl (C=O) groups is 2. The Hall–Kier alpha value is -1.54. The van der Waals surface area contributed by atoms with Gasteiger partial charge in [-0.25, -0.2) is 0 Å². The second-order valence-electron chi connectivity index (χ2n) is 10.7. The van der Waals surface area contributed by atoms with E-state index in [0.717, 1.165) is 11.8 Å². The highest BCUT2D eigenvalue weighted by Gasteiger charge is 2.53. The fourth-order valence-corrected chi connectivity index (χ4v) is 5.47. The molecular formula is C24H37NO5Si. The Morgan fingerprint density at radius 1 is 1.23 bits per heavy atom. The largest absolute Gasteiger partial charge is 0.409 e. The minimum Gasteiger partial charge on any atom is -0.409 e. The number of benzene rings is 1. The van der Waals surface area contributed by atoms with Crippen molar-refractivity contribution in [2.75, 3.05) is 0 Å². The molecule has 7 heteroatoms. The first-order chi connectivity index (χ1) is 14.3. The molecule has 4 atom stereocenters. The van der Waals surface area contributed by atoms with Crippen LogP contribution in [0.5, 0.6) is 0 Å². The first-order valence-corrected chi connectivity index (χ1v) is 14.1. The molecule has 1 aromatic carbocycles. The smallest absolute Gasteiger partial charge is 0.223 e. The molecule has 0 spiro atoms. The lowest BCUT2D eigenvalue weighted by molar-refractivity contribution is -0.159. The first kappa shape index (κ1) is 24.1. The number of hydrogen-bond donors (Lipinski definition) is 0. The maximum Gasteiger partial charge on any atom is 0.223 e. The number of carbonyl (C=O) groups excluding carboxylic acids is 2. The molecule has 0 aliphatic carbocycles. The van der Waals surface area contributed by atoms with Crippen LogP contribution in [-0.4, -0.2) is 55.6 Å². The van der Waals surface area contributed by atoms with E-state index in [0.29, 0.717) is 19.4 Å². The van der Waals surface area contributed by atoms with E-state index in [1.54, 1.807) is 0 Å². The molecule has 2 aliphatic rings. The maximum atomic E-state index is 12.9. The minimum atomic E-state index is -2.22. The fourth-order valence-electron chi connectivity index (χ4n) is 4.14.